The quantitative estimate of drug-likeness (QED) is 0.578. The minimum Gasteiger partial charge on any atom is -0.478 e. The van der Waals surface area contributed by atoms with Crippen LogP contribution < -0.4 is 10.1 Å². The molecule has 1 aromatic rings. The van der Waals surface area contributed by atoms with E-state index in [4.69, 9.17) is 10.00 Å². The molecule has 1 rings (SSSR count). The number of allylic oxidation sites excluding steroid dienone is 1. The molecule has 0 radical (unpaired) electrons. The number of para-hydroxylation sites is 1. The first kappa shape index (κ1) is 13.3. The van der Waals surface area contributed by atoms with E-state index in [0.29, 0.717) is 0 Å². The van der Waals surface area contributed by atoms with E-state index >= 15 is 0 Å². The lowest BCUT2D eigenvalue weighted by molar-refractivity contribution is 0.362. The molecule has 17 heavy (non-hydrogen) atoms. The van der Waals surface area contributed by atoms with Gasteiger partial charge in [-0.1, -0.05) is 30.4 Å². The Balaban J connectivity index is 2.43. The van der Waals surface area contributed by atoms with Gasteiger partial charge in [0, 0.05) is 12.1 Å². The highest BCUT2D eigenvalue weighted by atomic mass is 16.5. The van der Waals surface area contributed by atoms with Crippen LogP contribution in [-0.2, 0) is 6.54 Å². The number of nitriles is 1. The Morgan fingerprint density at radius 1 is 1.41 bits per heavy atom. The van der Waals surface area contributed by atoms with Crippen LogP contribution in [0.1, 0.15) is 18.9 Å². The molecule has 0 aromatic heterocycles. The molecule has 3 heteroatoms. The summed E-state index contributed by atoms with van der Waals surface area (Å²) >= 11 is 0. The lowest BCUT2D eigenvalue weighted by Gasteiger charge is -2.09. The van der Waals surface area contributed by atoms with Crippen LogP contribution in [0.25, 0.3) is 0 Å². The van der Waals surface area contributed by atoms with Crippen molar-refractivity contribution in [1.29, 1.82) is 5.26 Å². The molecular formula is C14H18N2O. The first-order valence-corrected chi connectivity index (χ1v) is 5.78. The van der Waals surface area contributed by atoms with Gasteiger partial charge in [-0.25, -0.2) is 0 Å². The fraction of sp³-hybridized carbons (Fsp3) is 0.357. The van der Waals surface area contributed by atoms with E-state index in [2.05, 4.69) is 11.4 Å². The Morgan fingerprint density at radius 2 is 2.24 bits per heavy atom. The number of benzene rings is 1. The summed E-state index contributed by atoms with van der Waals surface area (Å²) in [5.74, 6) is 0.785. The zero-order valence-electron chi connectivity index (χ0n) is 10.1. The van der Waals surface area contributed by atoms with Crippen LogP contribution in [0.15, 0.2) is 36.4 Å². The average molecular weight is 230 g/mol. The third kappa shape index (κ3) is 5.19. The minimum atomic E-state index is 0.0928. The van der Waals surface area contributed by atoms with Gasteiger partial charge in [-0.05, 0) is 26.0 Å². The number of ether oxygens (including phenoxy) is 1. The van der Waals surface area contributed by atoms with Crippen LogP contribution in [-0.4, -0.2) is 13.2 Å². The van der Waals surface area contributed by atoms with Gasteiger partial charge in [0.25, 0.3) is 0 Å². The van der Waals surface area contributed by atoms with Gasteiger partial charge in [0.05, 0.1) is 0 Å². The highest BCUT2D eigenvalue weighted by Gasteiger charge is 2.01. The van der Waals surface area contributed by atoms with Gasteiger partial charge in [0.15, 0.2) is 6.61 Å². The third-order valence-corrected chi connectivity index (χ3v) is 2.30. The van der Waals surface area contributed by atoms with Crippen molar-refractivity contribution in [2.75, 3.05) is 13.2 Å². The minimum absolute atomic E-state index is 0.0928. The van der Waals surface area contributed by atoms with E-state index in [1.54, 1.807) is 0 Å². The SMILES string of the molecule is C/C=C/CCNCc1ccccc1OCC#N. The predicted octanol–water partition coefficient (Wildman–Crippen LogP) is 2.64. The fourth-order valence-electron chi connectivity index (χ4n) is 1.48. The van der Waals surface area contributed by atoms with Gasteiger partial charge in [-0.15, -0.1) is 0 Å². The van der Waals surface area contributed by atoms with Gasteiger partial charge in [-0.2, -0.15) is 5.26 Å². The number of hydrogen-bond acceptors (Lipinski definition) is 3. The van der Waals surface area contributed by atoms with Crippen molar-refractivity contribution < 1.29 is 4.74 Å². The van der Waals surface area contributed by atoms with Crippen LogP contribution >= 0.6 is 0 Å². The molecule has 0 aliphatic rings. The summed E-state index contributed by atoms with van der Waals surface area (Å²) in [5.41, 5.74) is 1.09. The highest BCUT2D eigenvalue weighted by molar-refractivity contribution is 5.33. The van der Waals surface area contributed by atoms with Crippen molar-refractivity contribution in [3.63, 3.8) is 0 Å². The number of hydrogen-bond donors (Lipinski definition) is 1. The van der Waals surface area contributed by atoms with E-state index in [1.807, 2.05) is 43.3 Å². The number of nitrogens with one attached hydrogen (secondary N) is 1. The van der Waals surface area contributed by atoms with Crippen LogP contribution in [0, 0.1) is 11.3 Å². The van der Waals surface area contributed by atoms with E-state index in [1.165, 1.54) is 0 Å². The van der Waals surface area contributed by atoms with Gasteiger partial charge in [0.1, 0.15) is 11.8 Å². The van der Waals surface area contributed by atoms with Crippen molar-refractivity contribution in [2.24, 2.45) is 0 Å². The largest absolute Gasteiger partial charge is 0.478 e. The molecule has 0 aliphatic heterocycles. The van der Waals surface area contributed by atoms with Crippen LogP contribution in [0.3, 0.4) is 0 Å². The Kier molecular flexibility index (Phi) is 6.54. The third-order valence-electron chi connectivity index (χ3n) is 2.30. The number of rotatable bonds is 7. The Labute approximate surface area is 103 Å². The van der Waals surface area contributed by atoms with E-state index in [0.717, 1.165) is 30.8 Å². The van der Waals surface area contributed by atoms with Crippen LogP contribution in [0.5, 0.6) is 5.75 Å². The summed E-state index contributed by atoms with van der Waals surface area (Å²) in [6.45, 7) is 3.82. The summed E-state index contributed by atoms with van der Waals surface area (Å²) in [6, 6.07) is 9.76. The summed E-state index contributed by atoms with van der Waals surface area (Å²) < 4.78 is 5.35. The molecule has 0 spiro atoms. The molecule has 1 aromatic carbocycles. The molecule has 0 unspecified atom stereocenters. The molecular weight excluding hydrogens is 212 g/mol. The summed E-state index contributed by atoms with van der Waals surface area (Å²) in [5, 5.41) is 11.8. The maximum absolute atomic E-state index is 8.49. The predicted molar refractivity (Wildman–Crippen MR) is 68.7 cm³/mol. The maximum atomic E-state index is 8.49. The second-order valence-electron chi connectivity index (χ2n) is 3.59. The van der Waals surface area contributed by atoms with Crippen molar-refractivity contribution >= 4 is 0 Å². The van der Waals surface area contributed by atoms with E-state index < -0.39 is 0 Å². The molecule has 90 valence electrons. The molecule has 0 aliphatic carbocycles. The second kappa shape index (κ2) is 8.37. The Hall–Kier alpha value is -1.79. The van der Waals surface area contributed by atoms with Crippen molar-refractivity contribution in [3.8, 4) is 11.8 Å². The second-order valence-corrected chi connectivity index (χ2v) is 3.59. The van der Waals surface area contributed by atoms with Crippen molar-refractivity contribution in [2.45, 2.75) is 19.9 Å². The summed E-state index contributed by atoms with van der Waals surface area (Å²) in [7, 11) is 0. The average Bonchev–Trinajstić information content (AvgIpc) is 2.37. The molecule has 1 N–H and O–H groups in total. The topological polar surface area (TPSA) is 45.0 Å². The molecule has 0 atom stereocenters. The highest BCUT2D eigenvalue weighted by Crippen LogP contribution is 2.17. The molecule has 0 saturated carbocycles. The maximum Gasteiger partial charge on any atom is 0.174 e. The van der Waals surface area contributed by atoms with Crippen LogP contribution in [0.2, 0.25) is 0 Å². The van der Waals surface area contributed by atoms with E-state index in [9.17, 15) is 0 Å². The summed E-state index contributed by atoms with van der Waals surface area (Å²) in [6.07, 6.45) is 5.20. The van der Waals surface area contributed by atoms with Gasteiger partial charge >= 0.3 is 0 Å². The first-order valence-electron chi connectivity index (χ1n) is 5.78. The molecule has 0 amide bonds. The first-order chi connectivity index (χ1) is 8.38. The Morgan fingerprint density at radius 3 is 3.00 bits per heavy atom. The fourth-order valence-corrected chi connectivity index (χ4v) is 1.48. The monoisotopic (exact) mass is 230 g/mol. The zero-order valence-corrected chi connectivity index (χ0v) is 10.1. The van der Waals surface area contributed by atoms with E-state index in [-0.39, 0.29) is 6.61 Å². The zero-order chi connectivity index (χ0) is 12.3. The standard InChI is InChI=1S/C14H18N2O/c1-2-3-6-10-16-12-13-7-4-5-8-14(13)17-11-9-15/h2-5,7-8,16H,6,10-12H2,1H3/b3-2+. The number of nitrogens with zero attached hydrogens (tertiary/aromatic N) is 1. The lowest BCUT2D eigenvalue weighted by atomic mass is 10.2. The molecule has 0 bridgehead atoms. The molecule has 0 heterocycles. The summed E-state index contributed by atoms with van der Waals surface area (Å²) in [4.78, 5) is 0. The molecule has 0 saturated heterocycles. The van der Waals surface area contributed by atoms with Crippen molar-refractivity contribution in [3.05, 3.63) is 42.0 Å². The normalized spacial score (nSPS) is 10.4. The van der Waals surface area contributed by atoms with Gasteiger partial charge < -0.3 is 10.1 Å². The van der Waals surface area contributed by atoms with Gasteiger partial charge in [-0.3, -0.25) is 0 Å². The lowest BCUT2D eigenvalue weighted by Crippen LogP contribution is -2.15. The van der Waals surface area contributed by atoms with Crippen LogP contribution in [0.4, 0.5) is 0 Å². The van der Waals surface area contributed by atoms with Gasteiger partial charge in [0.2, 0.25) is 0 Å². The molecule has 3 nitrogen and oxygen atoms in total. The Bertz CT molecular complexity index is 393. The smallest absolute Gasteiger partial charge is 0.174 e. The van der Waals surface area contributed by atoms with Crippen molar-refractivity contribution in [1.82, 2.24) is 5.32 Å². The molecule has 0 fully saturated rings.